The van der Waals surface area contributed by atoms with Crippen LogP contribution >= 0.6 is 15.9 Å². The summed E-state index contributed by atoms with van der Waals surface area (Å²) in [4.78, 5) is 26.6. The van der Waals surface area contributed by atoms with Gasteiger partial charge < -0.3 is 10.2 Å². The number of carbonyl (C=O) groups excluding carboxylic acids is 2. The minimum atomic E-state index is -0.338. The maximum absolute atomic E-state index is 12.6. The van der Waals surface area contributed by atoms with Gasteiger partial charge in [-0.3, -0.25) is 15.0 Å². The van der Waals surface area contributed by atoms with Crippen molar-refractivity contribution in [2.75, 3.05) is 11.9 Å². The number of halogens is 1. The van der Waals surface area contributed by atoms with Crippen molar-refractivity contribution >= 4 is 33.4 Å². The van der Waals surface area contributed by atoms with E-state index in [0.717, 1.165) is 30.6 Å². The van der Waals surface area contributed by atoms with Gasteiger partial charge in [0, 0.05) is 31.2 Å². The number of carbonyl (C=O) groups is 2. The fraction of sp³-hybridized carbons (Fsp3) is 0.579. The van der Waals surface area contributed by atoms with Gasteiger partial charge in [-0.1, -0.05) is 41.9 Å². The molecule has 2 fully saturated rings. The fourth-order valence-corrected chi connectivity index (χ4v) is 4.63. The molecule has 0 spiro atoms. The number of amides is 2. The highest BCUT2D eigenvalue weighted by Crippen LogP contribution is 2.23. The van der Waals surface area contributed by atoms with Crippen molar-refractivity contribution in [1.82, 2.24) is 15.8 Å². The quantitative estimate of drug-likeness (QED) is 0.636. The zero-order valence-electron chi connectivity index (χ0n) is 15.3. The number of hydrogen-bond acceptors (Lipinski definition) is 4. The van der Waals surface area contributed by atoms with Crippen LogP contribution in [0.3, 0.4) is 0 Å². The second kappa shape index (κ2) is 8.50. The molecule has 2 heterocycles. The van der Waals surface area contributed by atoms with Crippen LogP contribution in [-0.2, 0) is 16.1 Å². The largest absolute Gasteiger partial charge is 0.338 e. The van der Waals surface area contributed by atoms with Crippen molar-refractivity contribution in [3.63, 3.8) is 0 Å². The average molecular weight is 423 g/mol. The zero-order valence-corrected chi connectivity index (χ0v) is 16.9. The molecule has 2 aliphatic heterocycles. The van der Waals surface area contributed by atoms with Crippen LogP contribution in [0.5, 0.6) is 0 Å². The molecule has 0 aromatic heterocycles. The Morgan fingerprint density at radius 1 is 1.35 bits per heavy atom. The van der Waals surface area contributed by atoms with Crippen molar-refractivity contribution in [3.8, 4) is 0 Å². The Hall–Kier alpha value is -1.44. The Kier molecular flexibility index (Phi) is 6.32. The van der Waals surface area contributed by atoms with Gasteiger partial charge in [0.1, 0.15) is 6.04 Å². The van der Waals surface area contributed by atoms with E-state index in [0.29, 0.717) is 18.9 Å². The van der Waals surface area contributed by atoms with Crippen LogP contribution in [0.2, 0.25) is 0 Å². The lowest BCUT2D eigenvalue weighted by Crippen LogP contribution is -2.42. The summed E-state index contributed by atoms with van der Waals surface area (Å²) in [6, 6.07) is 7.60. The van der Waals surface area contributed by atoms with Gasteiger partial charge in [0.15, 0.2) is 0 Å². The number of likely N-dealkylation sites (tertiary alicyclic amines) is 1. The molecule has 3 rings (SSSR count). The van der Waals surface area contributed by atoms with E-state index in [2.05, 4.69) is 45.9 Å². The summed E-state index contributed by atoms with van der Waals surface area (Å²) in [7, 11) is 0. The van der Waals surface area contributed by atoms with Crippen molar-refractivity contribution in [2.45, 2.75) is 56.6 Å². The number of alkyl halides is 1. The predicted molar refractivity (Wildman–Crippen MR) is 106 cm³/mol. The van der Waals surface area contributed by atoms with Gasteiger partial charge in [-0.25, -0.2) is 5.43 Å². The lowest BCUT2D eigenvalue weighted by atomic mass is 9.99. The van der Waals surface area contributed by atoms with Crippen LogP contribution in [0.25, 0.3) is 0 Å². The Balaban J connectivity index is 1.61. The molecule has 1 aromatic carbocycles. The SMILES string of the molecule is CC(C)C1NNC(C(=O)Nc2cccc(CN3CCCCC3=O)c2)C1Br. The van der Waals surface area contributed by atoms with E-state index in [-0.39, 0.29) is 28.7 Å². The standard InChI is InChI=1S/C19H27BrN4O2/c1-12(2)17-16(20)18(23-22-17)19(26)21-14-7-5-6-13(10-14)11-24-9-4-3-8-15(24)25/h5-7,10,12,16-18,22-23H,3-4,8-9,11H2,1-2H3,(H,21,26). The van der Waals surface area contributed by atoms with Crippen LogP contribution in [0.15, 0.2) is 24.3 Å². The third kappa shape index (κ3) is 4.45. The van der Waals surface area contributed by atoms with Gasteiger partial charge in [-0.2, -0.15) is 0 Å². The molecule has 6 nitrogen and oxygen atoms in total. The van der Waals surface area contributed by atoms with E-state index in [4.69, 9.17) is 0 Å². The highest BCUT2D eigenvalue weighted by Gasteiger charge is 2.39. The molecule has 3 unspecified atom stereocenters. The van der Waals surface area contributed by atoms with Gasteiger partial charge in [0.2, 0.25) is 11.8 Å². The van der Waals surface area contributed by atoms with Crippen molar-refractivity contribution < 1.29 is 9.59 Å². The molecule has 3 N–H and O–H groups in total. The molecule has 0 aliphatic carbocycles. The van der Waals surface area contributed by atoms with Gasteiger partial charge in [-0.15, -0.1) is 0 Å². The lowest BCUT2D eigenvalue weighted by Gasteiger charge is -2.27. The molecular weight excluding hydrogens is 396 g/mol. The summed E-state index contributed by atoms with van der Waals surface area (Å²) < 4.78 is 0. The molecule has 26 heavy (non-hydrogen) atoms. The van der Waals surface area contributed by atoms with E-state index < -0.39 is 0 Å². The first kappa shape index (κ1) is 19.3. The van der Waals surface area contributed by atoms with E-state index >= 15 is 0 Å². The number of nitrogens with zero attached hydrogens (tertiary/aromatic N) is 1. The molecular formula is C19H27BrN4O2. The van der Waals surface area contributed by atoms with Gasteiger partial charge in [0.25, 0.3) is 0 Å². The molecule has 2 aliphatic rings. The van der Waals surface area contributed by atoms with Crippen LogP contribution in [0.4, 0.5) is 5.69 Å². The second-order valence-electron chi connectivity index (χ2n) is 7.44. The lowest BCUT2D eigenvalue weighted by molar-refractivity contribution is -0.133. The Bertz CT molecular complexity index is 667. The Morgan fingerprint density at radius 2 is 2.15 bits per heavy atom. The number of anilines is 1. The normalized spacial score (nSPS) is 26.4. The molecule has 142 valence electrons. The molecule has 0 bridgehead atoms. The minimum absolute atomic E-state index is 0.0247. The number of hydrazine groups is 1. The van der Waals surface area contributed by atoms with E-state index in [1.165, 1.54) is 0 Å². The van der Waals surface area contributed by atoms with Gasteiger partial charge in [-0.05, 0) is 36.5 Å². The Morgan fingerprint density at radius 3 is 2.85 bits per heavy atom. The second-order valence-corrected chi connectivity index (χ2v) is 8.50. The number of rotatable bonds is 5. The summed E-state index contributed by atoms with van der Waals surface area (Å²) in [5, 5.41) is 2.99. The molecule has 2 saturated heterocycles. The fourth-order valence-electron chi connectivity index (χ4n) is 3.51. The minimum Gasteiger partial charge on any atom is -0.338 e. The molecule has 3 atom stereocenters. The summed E-state index contributed by atoms with van der Waals surface area (Å²) in [5.41, 5.74) is 8.06. The smallest absolute Gasteiger partial charge is 0.244 e. The topological polar surface area (TPSA) is 73.5 Å². The highest BCUT2D eigenvalue weighted by atomic mass is 79.9. The van der Waals surface area contributed by atoms with E-state index in [9.17, 15) is 9.59 Å². The van der Waals surface area contributed by atoms with E-state index in [1.807, 2.05) is 29.2 Å². The number of hydrogen-bond donors (Lipinski definition) is 3. The van der Waals surface area contributed by atoms with Crippen LogP contribution in [-0.4, -0.2) is 40.2 Å². The maximum atomic E-state index is 12.6. The van der Waals surface area contributed by atoms with Gasteiger partial charge >= 0.3 is 0 Å². The number of piperidine rings is 1. The maximum Gasteiger partial charge on any atom is 0.244 e. The Labute approximate surface area is 163 Å². The van der Waals surface area contributed by atoms with Crippen LogP contribution in [0.1, 0.15) is 38.7 Å². The van der Waals surface area contributed by atoms with Crippen molar-refractivity contribution in [1.29, 1.82) is 0 Å². The predicted octanol–water partition coefficient (Wildman–Crippen LogP) is 2.40. The first-order chi connectivity index (χ1) is 12.5. The summed E-state index contributed by atoms with van der Waals surface area (Å²) in [5.74, 6) is 0.553. The van der Waals surface area contributed by atoms with Crippen molar-refractivity contribution in [3.05, 3.63) is 29.8 Å². The summed E-state index contributed by atoms with van der Waals surface area (Å²) in [6.45, 7) is 5.66. The zero-order chi connectivity index (χ0) is 18.7. The monoisotopic (exact) mass is 422 g/mol. The number of benzene rings is 1. The molecule has 1 aromatic rings. The van der Waals surface area contributed by atoms with Gasteiger partial charge in [0.05, 0.1) is 4.83 Å². The molecule has 0 radical (unpaired) electrons. The number of nitrogens with one attached hydrogen (secondary N) is 3. The molecule has 7 heteroatoms. The summed E-state index contributed by atoms with van der Waals surface area (Å²) >= 11 is 3.64. The van der Waals surface area contributed by atoms with Crippen molar-refractivity contribution in [2.24, 2.45) is 5.92 Å². The van der Waals surface area contributed by atoms with E-state index in [1.54, 1.807) is 0 Å². The third-order valence-corrected chi connectivity index (χ3v) is 6.16. The first-order valence-corrected chi connectivity index (χ1v) is 10.2. The third-order valence-electron chi connectivity index (χ3n) is 5.06. The van der Waals surface area contributed by atoms with Crippen LogP contribution < -0.4 is 16.2 Å². The highest BCUT2D eigenvalue weighted by molar-refractivity contribution is 9.09. The molecule has 2 amide bonds. The van der Waals surface area contributed by atoms with Crippen LogP contribution in [0, 0.1) is 5.92 Å². The summed E-state index contributed by atoms with van der Waals surface area (Å²) in [6.07, 6.45) is 2.69. The average Bonchev–Trinajstić information content (AvgIpc) is 2.99. The molecule has 0 saturated carbocycles. The first-order valence-electron chi connectivity index (χ1n) is 9.28.